The summed E-state index contributed by atoms with van der Waals surface area (Å²) in [6, 6.07) is 12.3. The summed E-state index contributed by atoms with van der Waals surface area (Å²) in [6.45, 7) is 0.0809. The van der Waals surface area contributed by atoms with Gasteiger partial charge in [0.2, 0.25) is 0 Å². The number of aromatic nitrogens is 1. The Balaban J connectivity index is 2.07. The first-order valence-corrected chi connectivity index (χ1v) is 9.10. The highest BCUT2D eigenvalue weighted by molar-refractivity contribution is 7.94. The van der Waals surface area contributed by atoms with Crippen LogP contribution in [0.5, 0.6) is 0 Å². The van der Waals surface area contributed by atoms with Gasteiger partial charge in [-0.3, -0.25) is 9.29 Å². The van der Waals surface area contributed by atoms with Gasteiger partial charge < -0.3 is 0 Å². The lowest BCUT2D eigenvalue weighted by molar-refractivity contribution is 0.592. The number of pyridine rings is 1. The number of nitrogens with zero attached hydrogens (tertiary/aromatic N) is 2. The summed E-state index contributed by atoms with van der Waals surface area (Å²) < 4.78 is 40.8. The van der Waals surface area contributed by atoms with Crippen molar-refractivity contribution in [1.82, 2.24) is 4.98 Å². The summed E-state index contributed by atoms with van der Waals surface area (Å²) in [5.41, 5.74) is 0.999. The maximum atomic E-state index is 13.6. The predicted octanol–water partition coefficient (Wildman–Crippen LogP) is 3.68. The molecular formula is C16H13FN2O2S2. The lowest BCUT2D eigenvalue weighted by atomic mass is 10.2. The number of hydrogen-bond acceptors (Lipinski definition) is 4. The molecule has 118 valence electrons. The van der Waals surface area contributed by atoms with Crippen LogP contribution in [0.4, 0.5) is 10.1 Å². The van der Waals surface area contributed by atoms with Gasteiger partial charge in [-0.05, 0) is 41.3 Å². The zero-order valence-electron chi connectivity index (χ0n) is 12.0. The van der Waals surface area contributed by atoms with Crippen LogP contribution in [0, 0.1) is 5.82 Å². The molecule has 3 aromatic rings. The second-order valence-electron chi connectivity index (χ2n) is 4.78. The Hall–Kier alpha value is -2.25. The molecule has 0 unspecified atom stereocenters. The quantitative estimate of drug-likeness (QED) is 0.707. The van der Waals surface area contributed by atoms with Crippen LogP contribution >= 0.6 is 11.3 Å². The third-order valence-electron chi connectivity index (χ3n) is 3.18. The molecule has 0 atom stereocenters. The molecule has 0 amide bonds. The largest absolute Gasteiger partial charge is 0.274 e. The molecule has 0 aliphatic carbocycles. The summed E-state index contributed by atoms with van der Waals surface area (Å²) in [7, 11) is -3.77. The van der Waals surface area contributed by atoms with Crippen LogP contribution in [0.2, 0.25) is 0 Å². The molecule has 1 aromatic carbocycles. The van der Waals surface area contributed by atoms with Crippen molar-refractivity contribution in [2.24, 2.45) is 0 Å². The van der Waals surface area contributed by atoms with E-state index in [9.17, 15) is 12.8 Å². The maximum absolute atomic E-state index is 13.6. The third kappa shape index (κ3) is 3.40. The van der Waals surface area contributed by atoms with E-state index in [0.717, 1.165) is 16.9 Å². The second-order valence-corrected chi connectivity index (χ2v) is 7.82. The van der Waals surface area contributed by atoms with E-state index in [1.807, 2.05) is 0 Å². The Labute approximate surface area is 137 Å². The fourth-order valence-corrected chi connectivity index (χ4v) is 4.67. The minimum atomic E-state index is -3.77. The van der Waals surface area contributed by atoms with E-state index in [4.69, 9.17) is 0 Å². The molecule has 0 bridgehead atoms. The van der Waals surface area contributed by atoms with Crippen molar-refractivity contribution < 1.29 is 12.8 Å². The molecule has 3 rings (SSSR count). The van der Waals surface area contributed by atoms with Gasteiger partial charge >= 0.3 is 0 Å². The first-order chi connectivity index (χ1) is 11.1. The number of halogens is 1. The summed E-state index contributed by atoms with van der Waals surface area (Å²) in [4.78, 5) is 4.00. The predicted molar refractivity (Wildman–Crippen MR) is 88.3 cm³/mol. The fraction of sp³-hybridized carbons (Fsp3) is 0.0625. The van der Waals surface area contributed by atoms with E-state index in [0.29, 0.717) is 0 Å². The van der Waals surface area contributed by atoms with Gasteiger partial charge in [-0.15, -0.1) is 11.3 Å². The second kappa shape index (κ2) is 6.47. The van der Waals surface area contributed by atoms with Crippen molar-refractivity contribution in [3.63, 3.8) is 0 Å². The van der Waals surface area contributed by atoms with Crippen molar-refractivity contribution in [2.75, 3.05) is 4.31 Å². The summed E-state index contributed by atoms with van der Waals surface area (Å²) in [6.07, 6.45) is 3.21. The molecule has 4 nitrogen and oxygen atoms in total. The molecule has 7 heteroatoms. The van der Waals surface area contributed by atoms with Gasteiger partial charge in [0.1, 0.15) is 10.0 Å². The van der Waals surface area contributed by atoms with Gasteiger partial charge in [0, 0.05) is 12.4 Å². The van der Waals surface area contributed by atoms with Crippen LogP contribution in [-0.2, 0) is 16.6 Å². The van der Waals surface area contributed by atoms with Crippen molar-refractivity contribution in [2.45, 2.75) is 10.8 Å². The Morgan fingerprint density at radius 2 is 2.00 bits per heavy atom. The Morgan fingerprint density at radius 1 is 1.13 bits per heavy atom. The topological polar surface area (TPSA) is 50.3 Å². The monoisotopic (exact) mass is 348 g/mol. The number of rotatable bonds is 5. The van der Waals surface area contributed by atoms with E-state index < -0.39 is 15.8 Å². The highest BCUT2D eigenvalue weighted by Gasteiger charge is 2.26. The van der Waals surface area contributed by atoms with Crippen LogP contribution in [0.15, 0.2) is 70.5 Å². The zero-order valence-corrected chi connectivity index (χ0v) is 13.6. The number of benzene rings is 1. The molecule has 0 fully saturated rings. The summed E-state index contributed by atoms with van der Waals surface area (Å²) in [5, 5.41) is 1.70. The molecule has 0 radical (unpaired) electrons. The molecule has 0 spiro atoms. The number of sulfonamides is 1. The van der Waals surface area contributed by atoms with Crippen LogP contribution in [0.1, 0.15) is 5.56 Å². The minimum Gasteiger partial charge on any atom is -0.264 e. The SMILES string of the molecule is O=S(=O)(c1cccs1)N(Cc1cccnc1)c1cccc(F)c1. The van der Waals surface area contributed by atoms with Crippen LogP contribution < -0.4 is 4.31 Å². The highest BCUT2D eigenvalue weighted by Crippen LogP contribution is 2.28. The highest BCUT2D eigenvalue weighted by atomic mass is 32.2. The number of anilines is 1. The van der Waals surface area contributed by atoms with Crippen molar-refractivity contribution in [3.05, 3.63) is 77.7 Å². The van der Waals surface area contributed by atoms with Gasteiger partial charge in [0.05, 0.1) is 12.2 Å². The van der Waals surface area contributed by atoms with Crippen molar-refractivity contribution in [1.29, 1.82) is 0 Å². The lowest BCUT2D eigenvalue weighted by Crippen LogP contribution is -2.30. The fourth-order valence-electron chi connectivity index (χ4n) is 2.12. The first-order valence-electron chi connectivity index (χ1n) is 6.78. The Morgan fingerprint density at radius 3 is 2.65 bits per heavy atom. The molecule has 0 N–H and O–H groups in total. The molecule has 0 aliphatic rings. The van der Waals surface area contributed by atoms with Gasteiger partial charge in [-0.1, -0.05) is 18.2 Å². The van der Waals surface area contributed by atoms with Crippen molar-refractivity contribution >= 4 is 27.0 Å². The molecule has 0 saturated heterocycles. The van der Waals surface area contributed by atoms with Gasteiger partial charge in [0.15, 0.2) is 0 Å². The van der Waals surface area contributed by atoms with Crippen LogP contribution in [0.25, 0.3) is 0 Å². The third-order valence-corrected chi connectivity index (χ3v) is 6.33. The average Bonchev–Trinajstić information content (AvgIpc) is 3.09. The molecular weight excluding hydrogens is 335 g/mol. The standard InChI is InChI=1S/C16H13FN2O2S2/c17-14-5-1-6-15(10-14)19(12-13-4-2-8-18-11-13)23(20,21)16-7-3-9-22-16/h1-11H,12H2. The summed E-state index contributed by atoms with van der Waals surface area (Å²) in [5.74, 6) is -0.486. The van der Waals surface area contributed by atoms with E-state index in [-0.39, 0.29) is 16.4 Å². The lowest BCUT2D eigenvalue weighted by Gasteiger charge is -2.23. The van der Waals surface area contributed by atoms with Crippen molar-refractivity contribution in [3.8, 4) is 0 Å². The average molecular weight is 348 g/mol. The van der Waals surface area contributed by atoms with E-state index >= 15 is 0 Å². The van der Waals surface area contributed by atoms with Crippen LogP contribution in [0.3, 0.4) is 0 Å². The Bertz CT molecular complexity index is 881. The molecule has 0 saturated carbocycles. The zero-order chi connectivity index (χ0) is 16.3. The van der Waals surface area contributed by atoms with E-state index in [1.165, 1.54) is 28.6 Å². The maximum Gasteiger partial charge on any atom is 0.274 e. The van der Waals surface area contributed by atoms with E-state index in [2.05, 4.69) is 4.98 Å². The molecule has 2 aromatic heterocycles. The normalized spacial score (nSPS) is 11.3. The minimum absolute atomic E-state index is 0.0809. The smallest absolute Gasteiger partial charge is 0.264 e. The molecule has 23 heavy (non-hydrogen) atoms. The van der Waals surface area contributed by atoms with Gasteiger partial charge in [-0.25, -0.2) is 12.8 Å². The van der Waals surface area contributed by atoms with Gasteiger partial charge in [0.25, 0.3) is 10.0 Å². The van der Waals surface area contributed by atoms with E-state index in [1.54, 1.807) is 42.0 Å². The molecule has 0 aliphatic heterocycles. The number of thiophene rings is 1. The van der Waals surface area contributed by atoms with Gasteiger partial charge in [-0.2, -0.15) is 0 Å². The number of hydrogen-bond donors (Lipinski definition) is 0. The van der Waals surface area contributed by atoms with Crippen LogP contribution in [-0.4, -0.2) is 13.4 Å². The summed E-state index contributed by atoms with van der Waals surface area (Å²) >= 11 is 1.13. The first kappa shape index (κ1) is 15.6. The molecule has 2 heterocycles. The Kier molecular flexibility index (Phi) is 4.40.